The number of piperidine rings is 2. The molecule has 2 aliphatic rings. The number of sulfonamides is 1. The molecule has 2 fully saturated rings. The summed E-state index contributed by atoms with van der Waals surface area (Å²) in [6.45, 7) is 5.76. The Hall–Kier alpha value is -1.15. The highest BCUT2D eigenvalue weighted by atomic mass is 32.2. The van der Waals surface area contributed by atoms with Gasteiger partial charge in [0, 0.05) is 24.5 Å². The average molecular weight is 383 g/mol. The van der Waals surface area contributed by atoms with Gasteiger partial charge in [0.05, 0.1) is 13.7 Å². The second kappa shape index (κ2) is 7.11. The quantitative estimate of drug-likeness (QED) is 0.860. The maximum absolute atomic E-state index is 13.4. The maximum Gasteiger partial charge on any atom is 0.246 e. The number of hydrogen-bond donors (Lipinski definition) is 1. The summed E-state index contributed by atoms with van der Waals surface area (Å²) in [7, 11) is -0.119. The van der Waals surface area contributed by atoms with E-state index in [1.54, 1.807) is 16.4 Å². The molecule has 1 aromatic carbocycles. The number of nitrogens with zero attached hydrogens (tertiary/aromatic N) is 2. The lowest BCUT2D eigenvalue weighted by molar-refractivity contribution is -0.0508. The van der Waals surface area contributed by atoms with Gasteiger partial charge in [-0.15, -0.1) is 0 Å². The molecular weight excluding hydrogens is 352 g/mol. The minimum Gasteiger partial charge on any atom is -0.495 e. The van der Waals surface area contributed by atoms with Gasteiger partial charge in [-0.2, -0.15) is 4.31 Å². The van der Waals surface area contributed by atoms with Crippen molar-refractivity contribution in [3.8, 4) is 5.75 Å². The van der Waals surface area contributed by atoms with Crippen LogP contribution in [-0.2, 0) is 10.0 Å². The normalized spacial score (nSPS) is 28.0. The fourth-order valence-electron chi connectivity index (χ4n) is 4.47. The van der Waals surface area contributed by atoms with Crippen molar-refractivity contribution < 1.29 is 18.3 Å². The second-order valence-electron chi connectivity index (χ2n) is 7.82. The van der Waals surface area contributed by atoms with E-state index in [0.29, 0.717) is 25.3 Å². The summed E-state index contributed by atoms with van der Waals surface area (Å²) >= 11 is 0. The molecule has 2 heterocycles. The van der Waals surface area contributed by atoms with Crippen molar-refractivity contribution in [3.63, 3.8) is 0 Å². The first-order valence-corrected chi connectivity index (χ1v) is 10.7. The number of aliphatic hydroxyl groups is 1. The number of likely N-dealkylation sites (N-methyl/N-ethyl adjacent to an activating group) is 1. The molecule has 0 unspecified atom stereocenters. The summed E-state index contributed by atoms with van der Waals surface area (Å²) in [5, 5.41) is 10.0. The number of rotatable bonds is 4. The number of hydrogen-bond acceptors (Lipinski definition) is 5. The van der Waals surface area contributed by atoms with Crippen LogP contribution in [0.1, 0.15) is 30.4 Å². The highest BCUT2D eigenvalue weighted by molar-refractivity contribution is 7.89. The minimum absolute atomic E-state index is 0.0438. The fourth-order valence-corrected chi connectivity index (χ4v) is 6.14. The first-order chi connectivity index (χ1) is 12.2. The van der Waals surface area contributed by atoms with Gasteiger partial charge >= 0.3 is 0 Å². The highest BCUT2D eigenvalue weighted by Gasteiger charge is 2.49. The van der Waals surface area contributed by atoms with Crippen LogP contribution in [0.15, 0.2) is 17.0 Å². The van der Waals surface area contributed by atoms with E-state index in [2.05, 4.69) is 4.90 Å². The van der Waals surface area contributed by atoms with Gasteiger partial charge in [0.15, 0.2) is 0 Å². The van der Waals surface area contributed by atoms with Crippen molar-refractivity contribution in [1.29, 1.82) is 0 Å². The van der Waals surface area contributed by atoms with Gasteiger partial charge in [-0.05, 0) is 70.0 Å². The lowest BCUT2D eigenvalue weighted by Crippen LogP contribution is -2.62. The van der Waals surface area contributed by atoms with Crippen molar-refractivity contribution in [1.82, 2.24) is 9.21 Å². The summed E-state index contributed by atoms with van der Waals surface area (Å²) in [6.07, 6.45) is 2.69. The molecule has 2 atom stereocenters. The lowest BCUT2D eigenvalue weighted by Gasteiger charge is -2.53. The van der Waals surface area contributed by atoms with E-state index in [9.17, 15) is 13.5 Å². The Morgan fingerprint density at radius 1 is 1.23 bits per heavy atom. The molecule has 146 valence electrons. The monoisotopic (exact) mass is 382 g/mol. The molecule has 6 nitrogen and oxygen atoms in total. The molecule has 0 radical (unpaired) electrons. The van der Waals surface area contributed by atoms with E-state index in [1.165, 1.54) is 7.11 Å². The van der Waals surface area contributed by atoms with Gasteiger partial charge in [0.25, 0.3) is 0 Å². The third-order valence-electron chi connectivity index (χ3n) is 6.37. The first kappa shape index (κ1) is 19.6. The smallest absolute Gasteiger partial charge is 0.246 e. The third kappa shape index (κ3) is 3.15. The molecule has 1 aromatic rings. The zero-order valence-corrected chi connectivity index (χ0v) is 17.0. The van der Waals surface area contributed by atoms with Gasteiger partial charge < -0.3 is 14.7 Å². The number of ether oxygens (including phenoxy) is 1. The minimum atomic E-state index is -3.65. The standard InChI is InChI=1S/C19H30N2O4S/c1-14-10-16(25-4)17(11-15(14)2)26(23,24)21-9-7-19(13-22)6-5-8-20(3)18(19)12-21/h10-11,18,22H,5-9,12-13H2,1-4H3/t18-,19-/m1/s1. The molecule has 3 rings (SSSR count). The number of aryl methyl sites for hydroxylation is 2. The van der Waals surface area contributed by atoms with Crippen LogP contribution in [0.3, 0.4) is 0 Å². The van der Waals surface area contributed by atoms with Gasteiger partial charge in [0.2, 0.25) is 10.0 Å². The van der Waals surface area contributed by atoms with Crippen molar-refractivity contribution in [2.24, 2.45) is 5.41 Å². The molecule has 2 saturated heterocycles. The van der Waals surface area contributed by atoms with Gasteiger partial charge in [0.1, 0.15) is 10.6 Å². The van der Waals surface area contributed by atoms with Gasteiger partial charge in [-0.1, -0.05) is 0 Å². The summed E-state index contributed by atoms with van der Waals surface area (Å²) in [5.74, 6) is 0.393. The first-order valence-electron chi connectivity index (χ1n) is 9.22. The van der Waals surface area contributed by atoms with Crippen LogP contribution in [0.2, 0.25) is 0 Å². The number of fused-ring (bicyclic) bond motifs is 1. The molecule has 0 spiro atoms. The maximum atomic E-state index is 13.4. The largest absolute Gasteiger partial charge is 0.495 e. The second-order valence-corrected chi connectivity index (χ2v) is 9.73. The van der Waals surface area contributed by atoms with Crippen LogP contribution in [0.25, 0.3) is 0 Å². The Labute approximate surface area is 156 Å². The molecule has 1 N–H and O–H groups in total. The Bertz CT molecular complexity index is 780. The molecule has 0 amide bonds. The summed E-state index contributed by atoms with van der Waals surface area (Å²) in [6, 6.07) is 3.54. The van der Waals surface area contributed by atoms with Crippen molar-refractivity contribution in [2.75, 3.05) is 40.4 Å². The molecule has 0 aromatic heterocycles. The van der Waals surface area contributed by atoms with E-state index in [-0.39, 0.29) is 23.0 Å². The van der Waals surface area contributed by atoms with E-state index >= 15 is 0 Å². The lowest BCUT2D eigenvalue weighted by atomic mass is 9.69. The molecule has 0 bridgehead atoms. The zero-order valence-electron chi connectivity index (χ0n) is 16.2. The van der Waals surface area contributed by atoms with E-state index in [0.717, 1.165) is 30.5 Å². The third-order valence-corrected chi connectivity index (χ3v) is 8.26. The summed E-state index contributed by atoms with van der Waals surface area (Å²) < 4.78 is 33.7. The zero-order chi connectivity index (χ0) is 19.1. The number of benzene rings is 1. The van der Waals surface area contributed by atoms with Crippen LogP contribution < -0.4 is 4.74 Å². The van der Waals surface area contributed by atoms with Crippen LogP contribution in [-0.4, -0.2) is 69.2 Å². The predicted octanol–water partition coefficient (Wildman–Crippen LogP) is 1.78. The molecule has 2 aliphatic heterocycles. The number of aliphatic hydroxyl groups excluding tert-OH is 1. The molecule has 26 heavy (non-hydrogen) atoms. The highest BCUT2D eigenvalue weighted by Crippen LogP contribution is 2.43. The summed E-state index contributed by atoms with van der Waals surface area (Å²) in [4.78, 5) is 2.44. The molecule has 7 heteroatoms. The van der Waals surface area contributed by atoms with Crippen LogP contribution in [0.5, 0.6) is 5.75 Å². The topological polar surface area (TPSA) is 70.1 Å². The SMILES string of the molecule is COc1cc(C)c(C)cc1S(=O)(=O)N1CC[C@@]2(CO)CCCN(C)[C@@H]2C1. The van der Waals surface area contributed by atoms with Crippen LogP contribution >= 0.6 is 0 Å². The Kier molecular flexibility index (Phi) is 5.36. The van der Waals surface area contributed by atoms with E-state index < -0.39 is 10.0 Å². The van der Waals surface area contributed by atoms with Crippen LogP contribution in [0.4, 0.5) is 0 Å². The van der Waals surface area contributed by atoms with Gasteiger partial charge in [-0.25, -0.2) is 8.42 Å². The molecular formula is C19H30N2O4S. The summed E-state index contributed by atoms with van der Waals surface area (Å²) in [5.41, 5.74) is 1.75. The Balaban J connectivity index is 1.96. The predicted molar refractivity (Wildman–Crippen MR) is 101 cm³/mol. The van der Waals surface area contributed by atoms with Crippen molar-refractivity contribution in [3.05, 3.63) is 23.3 Å². The van der Waals surface area contributed by atoms with Crippen molar-refractivity contribution in [2.45, 2.75) is 44.0 Å². The molecule has 0 saturated carbocycles. The van der Waals surface area contributed by atoms with Gasteiger partial charge in [-0.3, -0.25) is 0 Å². The fraction of sp³-hybridized carbons (Fsp3) is 0.684. The van der Waals surface area contributed by atoms with Crippen LogP contribution in [0, 0.1) is 19.3 Å². The van der Waals surface area contributed by atoms with E-state index in [4.69, 9.17) is 4.74 Å². The number of likely N-dealkylation sites (tertiary alicyclic amines) is 1. The average Bonchev–Trinajstić information content (AvgIpc) is 2.63. The molecule has 0 aliphatic carbocycles. The Morgan fingerprint density at radius 3 is 2.58 bits per heavy atom. The Morgan fingerprint density at radius 2 is 1.92 bits per heavy atom. The number of methoxy groups -OCH3 is 1. The van der Waals surface area contributed by atoms with E-state index in [1.807, 2.05) is 20.9 Å². The van der Waals surface area contributed by atoms with Crippen molar-refractivity contribution >= 4 is 10.0 Å².